The number of carbonyl (C=O) groups is 1. The summed E-state index contributed by atoms with van der Waals surface area (Å²) in [5.41, 5.74) is 1.80. The van der Waals surface area contributed by atoms with E-state index in [1.165, 1.54) is 0 Å². The van der Waals surface area contributed by atoms with Gasteiger partial charge in [0.25, 0.3) is 0 Å². The van der Waals surface area contributed by atoms with Crippen molar-refractivity contribution in [2.24, 2.45) is 0 Å². The van der Waals surface area contributed by atoms with Crippen LogP contribution in [-0.2, 0) is 11.3 Å². The average Bonchev–Trinajstić information content (AvgIpc) is 3.11. The van der Waals surface area contributed by atoms with Crippen LogP contribution in [0.4, 0.5) is 0 Å². The Kier molecular flexibility index (Phi) is 5.46. The van der Waals surface area contributed by atoms with Crippen molar-refractivity contribution >= 4 is 17.5 Å². The van der Waals surface area contributed by atoms with Gasteiger partial charge in [-0.3, -0.25) is 4.79 Å². The van der Waals surface area contributed by atoms with Gasteiger partial charge in [0.2, 0.25) is 17.6 Å². The molecular formula is C19H18ClN3O2. The number of benzene rings is 2. The quantitative estimate of drug-likeness (QED) is 0.719. The second-order valence-electron chi connectivity index (χ2n) is 5.61. The summed E-state index contributed by atoms with van der Waals surface area (Å²) in [7, 11) is 0. The summed E-state index contributed by atoms with van der Waals surface area (Å²) in [5.74, 6) is 0.581. The molecule has 0 spiro atoms. The Labute approximate surface area is 151 Å². The maximum Gasteiger partial charge on any atom is 0.246 e. The molecule has 25 heavy (non-hydrogen) atoms. The molecule has 0 fully saturated rings. The third kappa shape index (κ3) is 4.25. The zero-order chi connectivity index (χ0) is 17.6. The lowest BCUT2D eigenvalue weighted by molar-refractivity contribution is -0.122. The summed E-state index contributed by atoms with van der Waals surface area (Å²) >= 11 is 5.87. The second kappa shape index (κ2) is 7.94. The van der Waals surface area contributed by atoms with E-state index in [9.17, 15) is 4.79 Å². The van der Waals surface area contributed by atoms with Gasteiger partial charge in [-0.05, 0) is 36.2 Å². The van der Waals surface area contributed by atoms with Crippen LogP contribution in [0.15, 0.2) is 59.1 Å². The highest BCUT2D eigenvalue weighted by Crippen LogP contribution is 2.20. The number of halogens is 1. The normalized spacial score (nSPS) is 11.9. The van der Waals surface area contributed by atoms with Crippen molar-refractivity contribution in [1.29, 1.82) is 0 Å². The molecule has 5 nitrogen and oxygen atoms in total. The van der Waals surface area contributed by atoms with E-state index in [0.717, 1.165) is 17.5 Å². The van der Waals surface area contributed by atoms with Gasteiger partial charge in [-0.1, -0.05) is 54.0 Å². The monoisotopic (exact) mass is 355 g/mol. The van der Waals surface area contributed by atoms with Gasteiger partial charge in [-0.15, -0.1) is 0 Å². The lowest BCUT2D eigenvalue weighted by atomic mass is 9.96. The Balaban J connectivity index is 1.63. The van der Waals surface area contributed by atoms with Crippen LogP contribution in [0.25, 0.3) is 11.4 Å². The van der Waals surface area contributed by atoms with Crippen molar-refractivity contribution in [2.45, 2.75) is 25.8 Å². The minimum atomic E-state index is -0.195. The number of nitrogens with one attached hydrogen (secondary N) is 1. The van der Waals surface area contributed by atoms with Crippen molar-refractivity contribution in [2.75, 3.05) is 0 Å². The Morgan fingerprint density at radius 2 is 1.88 bits per heavy atom. The summed E-state index contributed by atoms with van der Waals surface area (Å²) in [6.45, 7) is 2.19. The molecule has 128 valence electrons. The van der Waals surface area contributed by atoms with Gasteiger partial charge in [0, 0.05) is 10.6 Å². The highest BCUT2D eigenvalue weighted by Gasteiger charge is 2.19. The first-order valence-corrected chi connectivity index (χ1v) is 8.46. The minimum absolute atomic E-state index is 0.0556. The third-order valence-electron chi connectivity index (χ3n) is 3.91. The van der Waals surface area contributed by atoms with E-state index in [1.807, 2.05) is 49.4 Å². The Bertz CT molecular complexity index is 831. The Morgan fingerprint density at radius 3 is 2.56 bits per heavy atom. The van der Waals surface area contributed by atoms with Gasteiger partial charge in [-0.25, -0.2) is 0 Å². The van der Waals surface area contributed by atoms with Crippen molar-refractivity contribution in [3.8, 4) is 11.4 Å². The van der Waals surface area contributed by atoms with Crippen LogP contribution >= 0.6 is 11.6 Å². The molecule has 6 heteroatoms. The predicted molar refractivity (Wildman–Crippen MR) is 96.1 cm³/mol. The lowest BCUT2D eigenvalue weighted by Crippen LogP contribution is -2.28. The maximum absolute atomic E-state index is 12.4. The van der Waals surface area contributed by atoms with Crippen molar-refractivity contribution in [1.82, 2.24) is 15.5 Å². The molecule has 3 rings (SSSR count). The van der Waals surface area contributed by atoms with Gasteiger partial charge in [0.05, 0.1) is 12.5 Å². The summed E-state index contributed by atoms with van der Waals surface area (Å²) in [5, 5.41) is 7.45. The number of carbonyl (C=O) groups excluding carboxylic acids is 1. The molecule has 1 atom stereocenters. The molecule has 0 aliphatic heterocycles. The van der Waals surface area contributed by atoms with E-state index in [1.54, 1.807) is 12.1 Å². The first kappa shape index (κ1) is 17.2. The van der Waals surface area contributed by atoms with Crippen molar-refractivity contribution in [3.05, 3.63) is 71.1 Å². The third-order valence-corrected chi connectivity index (χ3v) is 4.16. The van der Waals surface area contributed by atoms with E-state index in [4.69, 9.17) is 16.1 Å². The van der Waals surface area contributed by atoms with E-state index in [0.29, 0.717) is 16.7 Å². The first-order chi connectivity index (χ1) is 12.2. The standard InChI is InChI=1S/C19H18ClN3O2/c1-2-16(13-6-4-3-5-7-13)19(24)21-12-17-22-18(23-25-17)14-8-10-15(20)11-9-14/h3-11,16H,2,12H2,1H3,(H,21,24)/t16-/m0/s1. The molecule has 0 unspecified atom stereocenters. The van der Waals surface area contributed by atoms with Crippen molar-refractivity contribution < 1.29 is 9.32 Å². The molecule has 0 saturated heterocycles. The smallest absolute Gasteiger partial charge is 0.246 e. The topological polar surface area (TPSA) is 68.0 Å². The fraction of sp³-hybridized carbons (Fsp3) is 0.211. The molecule has 0 saturated carbocycles. The zero-order valence-electron chi connectivity index (χ0n) is 13.8. The van der Waals surface area contributed by atoms with E-state index in [-0.39, 0.29) is 18.4 Å². The predicted octanol–water partition coefficient (Wildman–Crippen LogP) is 4.20. The van der Waals surface area contributed by atoms with Gasteiger partial charge in [-0.2, -0.15) is 4.98 Å². The largest absolute Gasteiger partial charge is 0.346 e. The summed E-state index contributed by atoms with van der Waals surface area (Å²) in [4.78, 5) is 16.8. The van der Waals surface area contributed by atoms with Crippen molar-refractivity contribution in [3.63, 3.8) is 0 Å². The number of rotatable bonds is 6. The Morgan fingerprint density at radius 1 is 1.16 bits per heavy atom. The highest BCUT2D eigenvalue weighted by molar-refractivity contribution is 6.30. The molecule has 2 aromatic carbocycles. The molecular weight excluding hydrogens is 338 g/mol. The number of hydrogen-bond donors (Lipinski definition) is 1. The van der Waals surface area contributed by atoms with Crippen LogP contribution in [0.5, 0.6) is 0 Å². The van der Waals surface area contributed by atoms with Crippen LogP contribution in [0.3, 0.4) is 0 Å². The molecule has 1 heterocycles. The molecule has 3 aromatic rings. The first-order valence-electron chi connectivity index (χ1n) is 8.08. The van der Waals surface area contributed by atoms with Crippen LogP contribution in [0, 0.1) is 0 Å². The summed E-state index contributed by atoms with van der Waals surface area (Å²) in [6.07, 6.45) is 0.718. The van der Waals surface area contributed by atoms with E-state index >= 15 is 0 Å². The lowest BCUT2D eigenvalue weighted by Gasteiger charge is -2.14. The van der Waals surface area contributed by atoms with Gasteiger partial charge >= 0.3 is 0 Å². The van der Waals surface area contributed by atoms with Crippen LogP contribution < -0.4 is 5.32 Å². The van der Waals surface area contributed by atoms with Gasteiger partial charge in [0.15, 0.2) is 0 Å². The minimum Gasteiger partial charge on any atom is -0.346 e. The molecule has 1 amide bonds. The summed E-state index contributed by atoms with van der Waals surface area (Å²) in [6, 6.07) is 16.9. The fourth-order valence-electron chi connectivity index (χ4n) is 2.59. The summed E-state index contributed by atoms with van der Waals surface area (Å²) < 4.78 is 5.21. The molecule has 0 bridgehead atoms. The van der Waals surface area contributed by atoms with Gasteiger partial charge in [0.1, 0.15) is 0 Å². The van der Waals surface area contributed by atoms with Gasteiger partial charge < -0.3 is 9.84 Å². The second-order valence-corrected chi connectivity index (χ2v) is 6.04. The maximum atomic E-state index is 12.4. The number of aromatic nitrogens is 2. The van der Waals surface area contributed by atoms with E-state index < -0.39 is 0 Å². The molecule has 0 aliphatic carbocycles. The fourth-order valence-corrected chi connectivity index (χ4v) is 2.71. The SMILES string of the molecule is CC[C@H](C(=O)NCc1nc(-c2ccc(Cl)cc2)no1)c1ccccc1. The van der Waals surface area contributed by atoms with Crippen LogP contribution in [0.2, 0.25) is 5.02 Å². The highest BCUT2D eigenvalue weighted by atomic mass is 35.5. The molecule has 0 aliphatic rings. The number of amides is 1. The van der Waals surface area contributed by atoms with Crippen LogP contribution in [-0.4, -0.2) is 16.0 Å². The average molecular weight is 356 g/mol. The zero-order valence-corrected chi connectivity index (χ0v) is 14.5. The van der Waals surface area contributed by atoms with Crippen LogP contribution in [0.1, 0.15) is 30.7 Å². The number of hydrogen-bond acceptors (Lipinski definition) is 4. The van der Waals surface area contributed by atoms with E-state index in [2.05, 4.69) is 15.5 Å². The Hall–Kier alpha value is -2.66. The molecule has 1 aromatic heterocycles. The molecule has 0 radical (unpaired) electrons. The molecule has 1 N–H and O–H groups in total. The number of nitrogens with zero attached hydrogens (tertiary/aromatic N) is 2.